The van der Waals surface area contributed by atoms with Crippen LogP contribution in [0.1, 0.15) is 0 Å². The third kappa shape index (κ3) is 1.44. The summed E-state index contributed by atoms with van der Waals surface area (Å²) in [5.74, 6) is -0.0525. The Morgan fingerprint density at radius 1 is 0.882 bits per heavy atom. The predicted octanol–water partition coefficient (Wildman–Crippen LogP) is 4.10. The summed E-state index contributed by atoms with van der Waals surface area (Å²) in [5, 5.41) is 16.4. The van der Waals surface area contributed by atoms with E-state index in [2.05, 4.69) is 5.18 Å². The number of benzene rings is 3. The van der Waals surface area contributed by atoms with E-state index < -0.39 is 0 Å². The molecule has 0 atom stereocenters. The van der Waals surface area contributed by atoms with Gasteiger partial charge in [0.1, 0.15) is 5.69 Å². The van der Waals surface area contributed by atoms with E-state index in [-0.39, 0.29) is 11.4 Å². The molecule has 3 rings (SSSR count). The van der Waals surface area contributed by atoms with Gasteiger partial charge >= 0.3 is 0 Å². The maximum atomic E-state index is 10.5. The van der Waals surface area contributed by atoms with E-state index in [4.69, 9.17) is 0 Å². The van der Waals surface area contributed by atoms with Crippen LogP contribution in [-0.2, 0) is 0 Å². The van der Waals surface area contributed by atoms with E-state index in [1.807, 2.05) is 36.4 Å². The van der Waals surface area contributed by atoms with Crippen molar-refractivity contribution < 1.29 is 5.11 Å². The minimum atomic E-state index is -0.0525. The van der Waals surface area contributed by atoms with Gasteiger partial charge in [0.25, 0.3) is 0 Å². The molecular formula is C14H9NO2. The Kier molecular flexibility index (Phi) is 2.05. The van der Waals surface area contributed by atoms with Crippen LogP contribution in [0.3, 0.4) is 0 Å². The summed E-state index contributed by atoms with van der Waals surface area (Å²) in [5.41, 5.74) is 0.0766. The second kappa shape index (κ2) is 3.56. The molecule has 82 valence electrons. The number of hydrogen-bond donors (Lipinski definition) is 1. The summed E-state index contributed by atoms with van der Waals surface area (Å²) in [6.45, 7) is 0. The maximum Gasteiger partial charge on any atom is 0.152 e. The van der Waals surface area contributed by atoms with Crippen LogP contribution < -0.4 is 0 Å². The Balaban J connectivity index is 2.48. The smallest absolute Gasteiger partial charge is 0.152 e. The van der Waals surface area contributed by atoms with Crippen molar-refractivity contribution in [3.05, 3.63) is 53.4 Å². The second-order valence-corrected chi connectivity index (χ2v) is 3.95. The molecular weight excluding hydrogens is 214 g/mol. The van der Waals surface area contributed by atoms with Gasteiger partial charge in [0.05, 0.1) is 0 Å². The molecule has 0 saturated heterocycles. The monoisotopic (exact) mass is 223 g/mol. The first-order valence-electron chi connectivity index (χ1n) is 5.27. The van der Waals surface area contributed by atoms with Crippen LogP contribution in [0.15, 0.2) is 53.7 Å². The topological polar surface area (TPSA) is 49.7 Å². The van der Waals surface area contributed by atoms with Crippen LogP contribution in [0, 0.1) is 4.91 Å². The summed E-state index contributed by atoms with van der Waals surface area (Å²) in [7, 11) is 0. The highest BCUT2D eigenvalue weighted by Gasteiger charge is 2.07. The number of nitrogens with zero attached hydrogens (tertiary/aromatic N) is 1. The molecule has 0 amide bonds. The fraction of sp³-hybridized carbons (Fsp3) is 0. The van der Waals surface area contributed by atoms with E-state index in [1.165, 1.54) is 6.07 Å². The standard InChI is InChI=1S/C14H9NO2/c16-14-12-8-10-4-2-1-3-9(10)7-11(12)5-6-13(14)15-17/h1-8,16H. The number of hydrogen-bond acceptors (Lipinski definition) is 3. The lowest BCUT2D eigenvalue weighted by molar-refractivity contribution is 0.483. The number of phenolic OH excluding ortho intramolecular Hbond substituents is 1. The lowest BCUT2D eigenvalue weighted by Crippen LogP contribution is -1.77. The molecule has 0 aliphatic carbocycles. The Hall–Kier alpha value is -2.42. The normalized spacial score (nSPS) is 10.8. The van der Waals surface area contributed by atoms with Crippen molar-refractivity contribution in [2.24, 2.45) is 5.18 Å². The van der Waals surface area contributed by atoms with Crippen LogP contribution in [0.2, 0.25) is 0 Å². The highest BCUT2D eigenvalue weighted by Crippen LogP contribution is 2.36. The van der Waals surface area contributed by atoms with Gasteiger partial charge in [0, 0.05) is 5.39 Å². The molecule has 17 heavy (non-hydrogen) atoms. The molecule has 0 spiro atoms. The lowest BCUT2D eigenvalue weighted by Gasteiger charge is -2.05. The fourth-order valence-corrected chi connectivity index (χ4v) is 2.06. The quantitative estimate of drug-likeness (QED) is 0.498. The molecule has 0 heterocycles. The summed E-state index contributed by atoms with van der Waals surface area (Å²) < 4.78 is 0. The SMILES string of the molecule is O=Nc1ccc2cc3ccccc3cc2c1O. The summed E-state index contributed by atoms with van der Waals surface area (Å²) in [6, 6.07) is 15.1. The van der Waals surface area contributed by atoms with Gasteiger partial charge in [-0.3, -0.25) is 0 Å². The lowest BCUT2D eigenvalue weighted by atomic mass is 10.0. The van der Waals surface area contributed by atoms with Gasteiger partial charge in [-0.15, -0.1) is 4.91 Å². The van der Waals surface area contributed by atoms with Crippen molar-refractivity contribution in [3.8, 4) is 5.75 Å². The van der Waals surface area contributed by atoms with Crippen molar-refractivity contribution in [2.75, 3.05) is 0 Å². The zero-order chi connectivity index (χ0) is 11.8. The number of phenols is 1. The summed E-state index contributed by atoms with van der Waals surface area (Å²) in [4.78, 5) is 10.5. The Morgan fingerprint density at radius 3 is 2.29 bits per heavy atom. The first-order valence-corrected chi connectivity index (χ1v) is 5.27. The maximum absolute atomic E-state index is 10.5. The van der Waals surface area contributed by atoms with Gasteiger partial charge in [-0.25, -0.2) is 0 Å². The Bertz CT molecular complexity index is 735. The van der Waals surface area contributed by atoms with Gasteiger partial charge < -0.3 is 5.11 Å². The van der Waals surface area contributed by atoms with Crippen molar-refractivity contribution in [3.63, 3.8) is 0 Å². The molecule has 3 aromatic rings. The Morgan fingerprint density at radius 2 is 1.59 bits per heavy atom. The van der Waals surface area contributed by atoms with E-state index in [1.54, 1.807) is 6.07 Å². The molecule has 0 radical (unpaired) electrons. The minimum absolute atomic E-state index is 0.0525. The average molecular weight is 223 g/mol. The minimum Gasteiger partial charge on any atom is -0.505 e. The third-order valence-electron chi connectivity index (χ3n) is 2.93. The van der Waals surface area contributed by atoms with Gasteiger partial charge in [-0.1, -0.05) is 30.3 Å². The fourth-order valence-electron chi connectivity index (χ4n) is 2.06. The molecule has 0 aliphatic rings. The van der Waals surface area contributed by atoms with E-state index in [0.717, 1.165) is 16.2 Å². The van der Waals surface area contributed by atoms with Gasteiger partial charge in [-0.05, 0) is 39.5 Å². The van der Waals surface area contributed by atoms with Crippen LogP contribution in [0.4, 0.5) is 5.69 Å². The van der Waals surface area contributed by atoms with Crippen molar-refractivity contribution in [1.82, 2.24) is 0 Å². The molecule has 3 heteroatoms. The van der Waals surface area contributed by atoms with Crippen molar-refractivity contribution in [1.29, 1.82) is 0 Å². The summed E-state index contributed by atoms with van der Waals surface area (Å²) in [6.07, 6.45) is 0. The number of fused-ring (bicyclic) bond motifs is 2. The van der Waals surface area contributed by atoms with E-state index in [9.17, 15) is 10.0 Å². The highest BCUT2D eigenvalue weighted by molar-refractivity contribution is 6.02. The third-order valence-corrected chi connectivity index (χ3v) is 2.93. The molecule has 3 nitrogen and oxygen atoms in total. The average Bonchev–Trinajstić information content (AvgIpc) is 2.37. The molecule has 0 fully saturated rings. The largest absolute Gasteiger partial charge is 0.505 e. The van der Waals surface area contributed by atoms with E-state index in [0.29, 0.717) is 5.39 Å². The molecule has 0 unspecified atom stereocenters. The molecule has 0 bridgehead atoms. The summed E-state index contributed by atoms with van der Waals surface area (Å²) >= 11 is 0. The molecule has 1 N–H and O–H groups in total. The molecule has 0 aromatic heterocycles. The predicted molar refractivity (Wildman–Crippen MR) is 68.6 cm³/mol. The number of rotatable bonds is 1. The van der Waals surface area contributed by atoms with Gasteiger partial charge in [0.15, 0.2) is 5.75 Å². The Labute approximate surface area is 97.3 Å². The first-order chi connectivity index (χ1) is 8.29. The zero-order valence-corrected chi connectivity index (χ0v) is 8.92. The van der Waals surface area contributed by atoms with Crippen LogP contribution in [0.5, 0.6) is 5.75 Å². The molecule has 0 saturated carbocycles. The van der Waals surface area contributed by atoms with Crippen LogP contribution in [-0.4, -0.2) is 5.11 Å². The van der Waals surface area contributed by atoms with Crippen molar-refractivity contribution >= 4 is 27.2 Å². The number of aromatic hydroxyl groups is 1. The second-order valence-electron chi connectivity index (χ2n) is 3.95. The van der Waals surface area contributed by atoms with Crippen molar-refractivity contribution in [2.45, 2.75) is 0 Å². The molecule has 3 aromatic carbocycles. The van der Waals surface area contributed by atoms with Crippen LogP contribution in [0.25, 0.3) is 21.5 Å². The first kappa shape index (κ1) is 9.78. The molecule has 0 aliphatic heterocycles. The van der Waals surface area contributed by atoms with Crippen LogP contribution >= 0.6 is 0 Å². The number of nitroso groups, excluding NO2 is 1. The van der Waals surface area contributed by atoms with E-state index >= 15 is 0 Å². The van der Waals surface area contributed by atoms with Gasteiger partial charge in [-0.2, -0.15) is 0 Å². The zero-order valence-electron chi connectivity index (χ0n) is 8.92. The highest BCUT2D eigenvalue weighted by atomic mass is 16.3. The van der Waals surface area contributed by atoms with Gasteiger partial charge in [0.2, 0.25) is 0 Å².